The number of rotatable bonds is 6. The molecule has 2 atom stereocenters. The predicted molar refractivity (Wildman–Crippen MR) is 112 cm³/mol. The van der Waals surface area contributed by atoms with Crippen molar-refractivity contribution in [1.82, 2.24) is 4.98 Å². The first-order chi connectivity index (χ1) is 13.5. The number of aryl methyl sites for hydroxylation is 1. The molecule has 28 heavy (non-hydrogen) atoms. The van der Waals surface area contributed by atoms with Gasteiger partial charge in [-0.3, -0.25) is 14.4 Å². The number of hydrogen-bond acceptors (Lipinski definition) is 7. The molecule has 1 saturated heterocycles. The number of aromatic amines is 1. The van der Waals surface area contributed by atoms with Crippen molar-refractivity contribution in [2.24, 2.45) is 0 Å². The van der Waals surface area contributed by atoms with Crippen LogP contribution in [-0.4, -0.2) is 23.0 Å². The van der Waals surface area contributed by atoms with Gasteiger partial charge in [0.2, 0.25) is 0 Å². The minimum atomic E-state index is -0.596. The third kappa shape index (κ3) is 3.17. The standard InChI is InChI=1S/C20H21N3O4S/c1-11-7-8-13(27-11)15(14-6-4-10-28-14)22-16-17(19(25)18(16)24)23(2)12-5-3-9-21-20(12)26/h3,5,7-9,14-15,22H,4,6,10H2,1-2H3,(H,21,26). The van der Waals surface area contributed by atoms with Crippen LogP contribution in [0.25, 0.3) is 0 Å². The van der Waals surface area contributed by atoms with E-state index in [1.807, 2.05) is 30.8 Å². The fraction of sp³-hybridized carbons (Fsp3) is 0.350. The molecule has 1 aromatic carbocycles. The smallest absolute Gasteiger partial charge is 0.271 e. The fourth-order valence-electron chi connectivity index (χ4n) is 3.62. The normalized spacial score (nSPS) is 17.7. The molecule has 2 unspecified atom stereocenters. The van der Waals surface area contributed by atoms with Crippen LogP contribution in [0.15, 0.2) is 49.3 Å². The van der Waals surface area contributed by atoms with E-state index in [1.165, 1.54) is 11.1 Å². The molecule has 2 N–H and O–H groups in total. The van der Waals surface area contributed by atoms with Crippen molar-refractivity contribution < 1.29 is 4.42 Å². The molecule has 1 aliphatic heterocycles. The van der Waals surface area contributed by atoms with E-state index in [4.69, 9.17) is 4.42 Å². The number of pyridine rings is 1. The highest BCUT2D eigenvalue weighted by atomic mass is 32.2. The predicted octanol–water partition coefficient (Wildman–Crippen LogP) is 2.69. The Labute approximate surface area is 165 Å². The molecule has 146 valence electrons. The zero-order valence-corrected chi connectivity index (χ0v) is 16.5. The highest BCUT2D eigenvalue weighted by molar-refractivity contribution is 8.00. The second kappa shape index (κ2) is 7.35. The number of H-pyrrole nitrogens is 1. The van der Waals surface area contributed by atoms with Gasteiger partial charge >= 0.3 is 0 Å². The van der Waals surface area contributed by atoms with Crippen molar-refractivity contribution in [1.29, 1.82) is 0 Å². The van der Waals surface area contributed by atoms with Crippen molar-refractivity contribution in [3.63, 3.8) is 0 Å². The maximum Gasteiger partial charge on any atom is 0.271 e. The second-order valence-electron chi connectivity index (χ2n) is 6.95. The van der Waals surface area contributed by atoms with E-state index in [1.54, 1.807) is 19.2 Å². The van der Waals surface area contributed by atoms with Crippen LogP contribution in [0.4, 0.5) is 17.1 Å². The Bertz CT molecular complexity index is 1120. The Morgan fingerprint density at radius 2 is 2.07 bits per heavy atom. The van der Waals surface area contributed by atoms with Crippen LogP contribution in [0.1, 0.15) is 30.4 Å². The summed E-state index contributed by atoms with van der Waals surface area (Å²) in [7, 11) is 1.61. The molecule has 8 heteroatoms. The first-order valence-electron chi connectivity index (χ1n) is 9.16. The third-order valence-electron chi connectivity index (χ3n) is 5.08. The van der Waals surface area contributed by atoms with Crippen molar-refractivity contribution in [2.75, 3.05) is 23.0 Å². The molecule has 7 nitrogen and oxygen atoms in total. The Morgan fingerprint density at radius 3 is 2.71 bits per heavy atom. The summed E-state index contributed by atoms with van der Waals surface area (Å²) in [6.45, 7) is 1.88. The first kappa shape index (κ1) is 18.6. The molecule has 1 aliphatic rings. The van der Waals surface area contributed by atoms with Gasteiger partial charge in [-0.1, -0.05) is 0 Å². The highest BCUT2D eigenvalue weighted by Crippen LogP contribution is 2.39. The summed E-state index contributed by atoms with van der Waals surface area (Å²) < 4.78 is 5.83. The molecule has 0 aliphatic carbocycles. The number of aromatic nitrogens is 1. The SMILES string of the molecule is Cc1ccc(C(Nc2c(N(C)c3ccc[nH]c3=O)c(=O)c2=O)C2CCCS2)o1. The topological polar surface area (TPSA) is 95.4 Å². The molecule has 0 saturated carbocycles. The van der Waals surface area contributed by atoms with Gasteiger partial charge in [-0.05, 0) is 49.8 Å². The molecule has 0 amide bonds. The minimum Gasteiger partial charge on any atom is -0.464 e. The van der Waals surface area contributed by atoms with E-state index < -0.39 is 10.9 Å². The minimum absolute atomic E-state index is 0.206. The molecule has 0 bridgehead atoms. The van der Waals surface area contributed by atoms with E-state index in [2.05, 4.69) is 10.3 Å². The summed E-state index contributed by atoms with van der Waals surface area (Å²) in [5.74, 6) is 2.60. The molecule has 2 aromatic heterocycles. The zero-order valence-electron chi connectivity index (χ0n) is 15.7. The summed E-state index contributed by atoms with van der Waals surface area (Å²) >= 11 is 1.83. The van der Waals surface area contributed by atoms with Crippen LogP contribution < -0.4 is 26.6 Å². The maximum atomic E-state index is 12.4. The van der Waals surface area contributed by atoms with Gasteiger partial charge in [-0.25, -0.2) is 0 Å². The van der Waals surface area contributed by atoms with Gasteiger partial charge in [0.1, 0.15) is 28.6 Å². The van der Waals surface area contributed by atoms with Gasteiger partial charge in [0.05, 0.1) is 6.04 Å². The quantitative estimate of drug-likeness (QED) is 0.615. The van der Waals surface area contributed by atoms with Crippen LogP contribution in [0, 0.1) is 6.92 Å². The highest BCUT2D eigenvalue weighted by Gasteiger charge is 2.34. The van der Waals surface area contributed by atoms with Gasteiger partial charge in [0.25, 0.3) is 16.4 Å². The lowest BCUT2D eigenvalue weighted by molar-refractivity contribution is 0.449. The average Bonchev–Trinajstić information content (AvgIpc) is 3.36. The van der Waals surface area contributed by atoms with E-state index in [0.717, 1.165) is 30.1 Å². The lowest BCUT2D eigenvalue weighted by Crippen LogP contribution is -2.42. The van der Waals surface area contributed by atoms with Crippen LogP contribution in [0.5, 0.6) is 0 Å². The van der Waals surface area contributed by atoms with E-state index in [-0.39, 0.29) is 28.2 Å². The zero-order chi connectivity index (χ0) is 19.8. The van der Waals surface area contributed by atoms with Gasteiger partial charge in [-0.15, -0.1) is 0 Å². The number of furan rings is 1. The summed E-state index contributed by atoms with van der Waals surface area (Å²) in [6.07, 6.45) is 3.62. The van der Waals surface area contributed by atoms with Gasteiger partial charge < -0.3 is 19.6 Å². The Morgan fingerprint density at radius 1 is 1.25 bits per heavy atom. The van der Waals surface area contributed by atoms with Crippen LogP contribution in [0.3, 0.4) is 0 Å². The van der Waals surface area contributed by atoms with Crippen molar-refractivity contribution in [3.8, 4) is 0 Å². The van der Waals surface area contributed by atoms with Gasteiger partial charge in [0, 0.05) is 18.5 Å². The average molecular weight is 399 g/mol. The maximum absolute atomic E-state index is 12.4. The molecular formula is C20H21N3O4S. The summed E-state index contributed by atoms with van der Waals surface area (Å²) in [4.78, 5) is 40.8. The van der Waals surface area contributed by atoms with Crippen LogP contribution in [-0.2, 0) is 0 Å². The van der Waals surface area contributed by atoms with Gasteiger partial charge in [0.15, 0.2) is 0 Å². The monoisotopic (exact) mass is 399 g/mol. The number of hydrogen-bond donors (Lipinski definition) is 2. The number of nitrogens with one attached hydrogen (secondary N) is 2. The first-order valence-corrected chi connectivity index (χ1v) is 10.2. The fourth-order valence-corrected chi connectivity index (χ4v) is 4.98. The molecule has 3 aromatic rings. The molecule has 4 rings (SSSR count). The van der Waals surface area contributed by atoms with Crippen molar-refractivity contribution in [2.45, 2.75) is 31.1 Å². The number of anilines is 3. The number of nitrogens with zero attached hydrogens (tertiary/aromatic N) is 1. The Hall–Kier alpha value is -2.74. The number of thioether (sulfide) groups is 1. The Balaban J connectivity index is 1.70. The Kier molecular flexibility index (Phi) is 4.89. The van der Waals surface area contributed by atoms with Crippen molar-refractivity contribution >= 4 is 28.8 Å². The van der Waals surface area contributed by atoms with Gasteiger partial charge in [-0.2, -0.15) is 11.8 Å². The lowest BCUT2D eigenvalue weighted by Gasteiger charge is -2.28. The van der Waals surface area contributed by atoms with Crippen LogP contribution in [0.2, 0.25) is 0 Å². The molecule has 1 fully saturated rings. The van der Waals surface area contributed by atoms with E-state index in [0.29, 0.717) is 5.69 Å². The molecule has 0 radical (unpaired) electrons. The summed E-state index contributed by atoms with van der Waals surface area (Å²) in [5, 5.41) is 3.51. The molecular weight excluding hydrogens is 378 g/mol. The second-order valence-corrected chi connectivity index (χ2v) is 8.29. The molecule has 0 spiro atoms. The van der Waals surface area contributed by atoms with Crippen LogP contribution >= 0.6 is 11.8 Å². The van der Waals surface area contributed by atoms with E-state index >= 15 is 0 Å². The summed E-state index contributed by atoms with van der Waals surface area (Å²) in [6, 6.07) is 6.87. The summed E-state index contributed by atoms with van der Waals surface area (Å²) in [5.41, 5.74) is -0.737. The largest absolute Gasteiger partial charge is 0.464 e. The lowest BCUT2D eigenvalue weighted by atomic mass is 10.0. The van der Waals surface area contributed by atoms with E-state index in [9.17, 15) is 14.4 Å². The molecule has 3 heterocycles. The van der Waals surface area contributed by atoms with Crippen molar-refractivity contribution in [3.05, 3.63) is 72.8 Å². The third-order valence-corrected chi connectivity index (χ3v) is 6.54.